The van der Waals surface area contributed by atoms with E-state index < -0.39 is 32.5 Å². The molecule has 304 valence electrons. The number of allylic oxidation sites excluding steroid dienone is 6. The number of ether oxygens (including phenoxy) is 2. The number of phosphoric acid groups is 1. The molecule has 0 aromatic rings. The number of hydrogen-bond acceptors (Lipinski definition) is 6. The number of hydrogen-bond donors (Lipinski definition) is 2. The minimum atomic E-state index is -4.76. The summed E-state index contributed by atoms with van der Waals surface area (Å²) in [7, 11) is -4.76. The van der Waals surface area contributed by atoms with E-state index >= 15 is 0 Å². The van der Waals surface area contributed by atoms with Gasteiger partial charge < -0.3 is 19.3 Å². The summed E-state index contributed by atoms with van der Waals surface area (Å²) < 4.78 is 26.4. The average molecular weight is 755 g/mol. The minimum Gasteiger partial charge on any atom is -0.462 e. The molecule has 52 heavy (non-hydrogen) atoms. The van der Waals surface area contributed by atoms with Crippen molar-refractivity contribution in [2.75, 3.05) is 13.2 Å². The fourth-order valence-corrected chi connectivity index (χ4v) is 6.29. The molecular formula is C43H79O8P. The van der Waals surface area contributed by atoms with Crippen molar-refractivity contribution < 1.29 is 37.9 Å². The summed E-state index contributed by atoms with van der Waals surface area (Å²) in [6, 6.07) is 0. The zero-order valence-corrected chi connectivity index (χ0v) is 34.4. The summed E-state index contributed by atoms with van der Waals surface area (Å²) in [5.74, 6) is -0.895. The van der Waals surface area contributed by atoms with Gasteiger partial charge in [0.25, 0.3) is 0 Å². The van der Waals surface area contributed by atoms with Gasteiger partial charge >= 0.3 is 19.8 Å². The maximum atomic E-state index is 12.4. The first-order valence-electron chi connectivity index (χ1n) is 21.3. The Bertz CT molecular complexity index is 941. The van der Waals surface area contributed by atoms with Crippen LogP contribution in [-0.2, 0) is 28.2 Å². The van der Waals surface area contributed by atoms with Crippen LogP contribution < -0.4 is 0 Å². The SMILES string of the molecule is CCCCC/C=C\C/C=C\CCCCCCCCCC(=O)OC[C@H](COP(=O)(O)O)OC(=O)CCCCCCCCC/C=C\CCCCCCCC. The molecular weight excluding hydrogens is 675 g/mol. The molecule has 0 saturated carbocycles. The van der Waals surface area contributed by atoms with E-state index in [1.807, 2.05) is 0 Å². The first kappa shape index (κ1) is 50.3. The lowest BCUT2D eigenvalue weighted by Crippen LogP contribution is -2.29. The molecule has 0 spiro atoms. The first-order chi connectivity index (χ1) is 25.3. The molecule has 0 aliphatic rings. The van der Waals surface area contributed by atoms with Crippen molar-refractivity contribution in [2.45, 2.75) is 213 Å². The molecule has 0 heterocycles. The summed E-state index contributed by atoms with van der Waals surface area (Å²) in [5.41, 5.74) is 0. The van der Waals surface area contributed by atoms with E-state index in [4.69, 9.17) is 19.3 Å². The summed E-state index contributed by atoms with van der Waals surface area (Å²) in [6.45, 7) is 3.66. The molecule has 0 aromatic carbocycles. The normalized spacial score (nSPS) is 12.8. The molecule has 0 rings (SSSR count). The highest BCUT2D eigenvalue weighted by atomic mass is 31.2. The van der Waals surface area contributed by atoms with Crippen LogP contribution in [0.5, 0.6) is 0 Å². The molecule has 0 amide bonds. The van der Waals surface area contributed by atoms with Gasteiger partial charge in [0.1, 0.15) is 6.61 Å². The molecule has 0 fully saturated rings. The van der Waals surface area contributed by atoms with Crippen LogP contribution >= 0.6 is 7.82 Å². The van der Waals surface area contributed by atoms with Crippen molar-refractivity contribution >= 4 is 19.8 Å². The van der Waals surface area contributed by atoms with Gasteiger partial charge in [-0.3, -0.25) is 14.1 Å². The molecule has 8 nitrogen and oxygen atoms in total. The van der Waals surface area contributed by atoms with E-state index in [-0.39, 0.29) is 19.4 Å². The molecule has 0 aliphatic carbocycles. The Morgan fingerprint density at radius 1 is 0.500 bits per heavy atom. The van der Waals surface area contributed by atoms with Crippen LogP contribution in [0.25, 0.3) is 0 Å². The van der Waals surface area contributed by atoms with Crippen LogP contribution in [0.15, 0.2) is 36.5 Å². The molecule has 9 heteroatoms. The van der Waals surface area contributed by atoms with Gasteiger partial charge in [-0.25, -0.2) is 4.57 Å². The maximum absolute atomic E-state index is 12.4. The average Bonchev–Trinajstić information content (AvgIpc) is 3.11. The van der Waals surface area contributed by atoms with Crippen molar-refractivity contribution in [3.05, 3.63) is 36.5 Å². The third-order valence-corrected chi connectivity index (χ3v) is 9.62. The standard InChI is InChI=1S/C43H79O8P/c1-3-5-7-9-11-13-15-17-19-21-23-25-27-29-31-33-35-37-42(44)49-39-41(40-50-52(46,47)48)51-43(45)38-36-34-32-30-28-26-24-22-20-18-16-14-12-10-8-6-4-2/h11,13,17-20,41H,3-10,12,14-16,21-40H2,1-2H3,(H2,46,47,48)/b13-11-,19-17-,20-18-/t41-/m1/s1. The lowest BCUT2D eigenvalue weighted by Gasteiger charge is -2.18. The lowest BCUT2D eigenvalue weighted by atomic mass is 10.1. The molecule has 0 bridgehead atoms. The summed E-state index contributed by atoms with van der Waals surface area (Å²) in [4.78, 5) is 42.9. The van der Waals surface area contributed by atoms with E-state index in [2.05, 4.69) is 54.8 Å². The third-order valence-electron chi connectivity index (χ3n) is 9.13. The topological polar surface area (TPSA) is 119 Å². The number of unbranched alkanes of at least 4 members (excludes halogenated alkanes) is 23. The highest BCUT2D eigenvalue weighted by Gasteiger charge is 2.22. The Morgan fingerprint density at radius 3 is 1.33 bits per heavy atom. The molecule has 2 N–H and O–H groups in total. The molecule has 0 aromatic heterocycles. The van der Waals surface area contributed by atoms with Gasteiger partial charge in [0.05, 0.1) is 6.61 Å². The zero-order chi connectivity index (χ0) is 38.2. The lowest BCUT2D eigenvalue weighted by molar-refractivity contribution is -0.161. The Morgan fingerprint density at radius 2 is 0.865 bits per heavy atom. The molecule has 0 radical (unpaired) electrons. The summed E-state index contributed by atoms with van der Waals surface area (Å²) in [6.07, 6.45) is 45.7. The van der Waals surface area contributed by atoms with Gasteiger partial charge in [-0.05, 0) is 70.6 Å². The van der Waals surface area contributed by atoms with Gasteiger partial charge in [0.2, 0.25) is 0 Å². The molecule has 0 aliphatic heterocycles. The second-order valence-electron chi connectivity index (χ2n) is 14.3. The van der Waals surface area contributed by atoms with Crippen molar-refractivity contribution in [1.29, 1.82) is 0 Å². The van der Waals surface area contributed by atoms with Gasteiger partial charge in [0, 0.05) is 12.8 Å². The summed E-state index contributed by atoms with van der Waals surface area (Å²) >= 11 is 0. The van der Waals surface area contributed by atoms with Crippen LogP contribution in [0.2, 0.25) is 0 Å². The fourth-order valence-electron chi connectivity index (χ4n) is 5.93. The Kier molecular flexibility index (Phi) is 37.7. The van der Waals surface area contributed by atoms with Crippen molar-refractivity contribution in [3.63, 3.8) is 0 Å². The predicted molar refractivity (Wildman–Crippen MR) is 216 cm³/mol. The largest absolute Gasteiger partial charge is 0.469 e. The van der Waals surface area contributed by atoms with E-state index in [1.165, 1.54) is 109 Å². The minimum absolute atomic E-state index is 0.206. The van der Waals surface area contributed by atoms with Crippen LogP contribution in [0, 0.1) is 0 Å². The highest BCUT2D eigenvalue weighted by Crippen LogP contribution is 2.36. The molecule has 0 saturated heterocycles. The Balaban J connectivity index is 3.92. The Hall–Kier alpha value is -1.73. The molecule has 0 unspecified atom stereocenters. The van der Waals surface area contributed by atoms with Crippen molar-refractivity contribution in [2.24, 2.45) is 0 Å². The van der Waals surface area contributed by atoms with Gasteiger partial charge in [-0.1, -0.05) is 159 Å². The number of phosphoric ester groups is 1. The Labute approximate surface area is 319 Å². The van der Waals surface area contributed by atoms with Crippen LogP contribution in [-0.4, -0.2) is 41.0 Å². The van der Waals surface area contributed by atoms with Crippen molar-refractivity contribution in [3.8, 4) is 0 Å². The molecule has 1 atom stereocenters. The second kappa shape index (κ2) is 39.0. The van der Waals surface area contributed by atoms with Crippen LogP contribution in [0.1, 0.15) is 206 Å². The van der Waals surface area contributed by atoms with Crippen LogP contribution in [0.3, 0.4) is 0 Å². The third kappa shape index (κ3) is 41.0. The van der Waals surface area contributed by atoms with E-state index in [0.29, 0.717) is 12.8 Å². The fraction of sp³-hybridized carbons (Fsp3) is 0.814. The smallest absolute Gasteiger partial charge is 0.462 e. The number of carbonyl (C=O) groups is 2. The van der Waals surface area contributed by atoms with Gasteiger partial charge in [0.15, 0.2) is 6.10 Å². The monoisotopic (exact) mass is 755 g/mol. The number of esters is 2. The quantitative estimate of drug-likeness (QED) is 0.0275. The first-order valence-corrected chi connectivity index (χ1v) is 22.8. The summed E-state index contributed by atoms with van der Waals surface area (Å²) in [5, 5.41) is 0. The maximum Gasteiger partial charge on any atom is 0.469 e. The van der Waals surface area contributed by atoms with Crippen molar-refractivity contribution in [1.82, 2.24) is 0 Å². The van der Waals surface area contributed by atoms with E-state index in [1.54, 1.807) is 0 Å². The van der Waals surface area contributed by atoms with E-state index in [0.717, 1.165) is 57.8 Å². The van der Waals surface area contributed by atoms with E-state index in [9.17, 15) is 14.2 Å². The van der Waals surface area contributed by atoms with Gasteiger partial charge in [-0.15, -0.1) is 0 Å². The number of carbonyl (C=O) groups excluding carboxylic acids is 2. The second-order valence-corrected chi connectivity index (χ2v) is 15.5. The highest BCUT2D eigenvalue weighted by molar-refractivity contribution is 7.46. The van der Waals surface area contributed by atoms with Gasteiger partial charge in [-0.2, -0.15) is 0 Å². The van der Waals surface area contributed by atoms with Crippen LogP contribution in [0.4, 0.5) is 0 Å². The zero-order valence-electron chi connectivity index (χ0n) is 33.5. The number of rotatable bonds is 39. The predicted octanol–water partition coefficient (Wildman–Crippen LogP) is 13.0.